The molecular formula is C25H24N2O2. The number of amides is 2. The van der Waals surface area contributed by atoms with Crippen molar-refractivity contribution >= 4 is 17.5 Å². The van der Waals surface area contributed by atoms with Crippen molar-refractivity contribution < 1.29 is 9.59 Å². The van der Waals surface area contributed by atoms with Gasteiger partial charge in [-0.15, -0.1) is 0 Å². The molecule has 3 aromatic rings. The van der Waals surface area contributed by atoms with E-state index in [9.17, 15) is 9.59 Å². The predicted molar refractivity (Wildman–Crippen MR) is 115 cm³/mol. The lowest BCUT2D eigenvalue weighted by atomic mass is 9.82. The van der Waals surface area contributed by atoms with Crippen LogP contribution < -0.4 is 10.2 Å². The largest absolute Gasteiger partial charge is 0.350 e. The Balaban J connectivity index is 1.73. The number of benzene rings is 3. The third-order valence-corrected chi connectivity index (χ3v) is 5.52. The minimum absolute atomic E-state index is 0.144. The summed E-state index contributed by atoms with van der Waals surface area (Å²) in [7, 11) is 0. The van der Waals surface area contributed by atoms with Gasteiger partial charge < -0.3 is 5.32 Å². The molecule has 3 aromatic carbocycles. The van der Waals surface area contributed by atoms with Crippen molar-refractivity contribution in [2.24, 2.45) is 0 Å². The van der Waals surface area contributed by atoms with Gasteiger partial charge in [-0.1, -0.05) is 60.7 Å². The topological polar surface area (TPSA) is 49.4 Å². The lowest BCUT2D eigenvalue weighted by molar-refractivity contribution is -0.126. The molecule has 0 aromatic heterocycles. The Hall–Kier alpha value is -3.40. The van der Waals surface area contributed by atoms with E-state index < -0.39 is 5.54 Å². The van der Waals surface area contributed by atoms with E-state index in [0.29, 0.717) is 18.5 Å². The zero-order chi connectivity index (χ0) is 20.4. The zero-order valence-electron chi connectivity index (χ0n) is 16.7. The fourth-order valence-electron chi connectivity index (χ4n) is 4.00. The van der Waals surface area contributed by atoms with Crippen molar-refractivity contribution in [1.82, 2.24) is 5.32 Å². The van der Waals surface area contributed by atoms with Crippen molar-refractivity contribution in [2.45, 2.75) is 32.4 Å². The van der Waals surface area contributed by atoms with Crippen molar-refractivity contribution in [1.29, 1.82) is 0 Å². The molecular weight excluding hydrogens is 360 g/mol. The third-order valence-electron chi connectivity index (χ3n) is 5.52. The van der Waals surface area contributed by atoms with E-state index in [1.54, 1.807) is 4.90 Å². The van der Waals surface area contributed by atoms with Gasteiger partial charge >= 0.3 is 0 Å². The molecule has 0 saturated carbocycles. The fraction of sp³-hybridized carbons (Fsp3) is 0.200. The number of anilines is 1. The van der Waals surface area contributed by atoms with E-state index in [4.69, 9.17) is 0 Å². The van der Waals surface area contributed by atoms with Gasteiger partial charge in [0, 0.05) is 24.2 Å². The van der Waals surface area contributed by atoms with Crippen LogP contribution in [0.1, 0.15) is 34.0 Å². The summed E-state index contributed by atoms with van der Waals surface area (Å²) in [5.74, 6) is -0.305. The summed E-state index contributed by atoms with van der Waals surface area (Å²) < 4.78 is 0. The molecule has 1 aliphatic rings. The summed E-state index contributed by atoms with van der Waals surface area (Å²) in [6.07, 6.45) is 0.462. The van der Waals surface area contributed by atoms with Crippen molar-refractivity contribution in [3.05, 3.63) is 101 Å². The molecule has 4 heteroatoms. The number of aryl methyl sites for hydroxylation is 1. The van der Waals surface area contributed by atoms with Crippen LogP contribution >= 0.6 is 0 Å². The van der Waals surface area contributed by atoms with Gasteiger partial charge in [-0.05, 0) is 48.7 Å². The molecule has 29 heavy (non-hydrogen) atoms. The fourth-order valence-corrected chi connectivity index (χ4v) is 4.00. The molecule has 146 valence electrons. The van der Waals surface area contributed by atoms with Gasteiger partial charge in [0.1, 0.15) is 5.54 Å². The first-order valence-corrected chi connectivity index (χ1v) is 9.80. The maximum absolute atomic E-state index is 13.5. The second-order valence-electron chi connectivity index (χ2n) is 7.76. The lowest BCUT2D eigenvalue weighted by Crippen LogP contribution is -2.63. The Morgan fingerprint density at radius 1 is 1.00 bits per heavy atom. The SMILES string of the molecule is Cc1cccc(N2C(=O)c3ccccc3CC2(C)C(=O)NCc2ccccc2)c1. The second kappa shape index (κ2) is 7.55. The van der Waals surface area contributed by atoms with E-state index in [1.165, 1.54) is 0 Å². The Bertz CT molecular complexity index is 1060. The number of fused-ring (bicyclic) bond motifs is 1. The molecule has 0 bridgehead atoms. The summed E-state index contributed by atoms with van der Waals surface area (Å²) in [6, 6.07) is 25.1. The van der Waals surface area contributed by atoms with E-state index >= 15 is 0 Å². The van der Waals surface area contributed by atoms with E-state index in [2.05, 4.69) is 5.32 Å². The molecule has 0 radical (unpaired) electrons. The van der Waals surface area contributed by atoms with Gasteiger partial charge in [-0.3, -0.25) is 14.5 Å². The summed E-state index contributed by atoms with van der Waals surface area (Å²) >= 11 is 0. The highest BCUT2D eigenvalue weighted by Gasteiger charge is 2.47. The summed E-state index contributed by atoms with van der Waals surface area (Å²) in [5.41, 5.74) is 3.34. The number of hydrogen-bond donors (Lipinski definition) is 1. The smallest absolute Gasteiger partial charge is 0.259 e. The molecule has 0 spiro atoms. The van der Waals surface area contributed by atoms with Crippen LogP contribution in [-0.2, 0) is 17.8 Å². The Morgan fingerprint density at radius 3 is 2.48 bits per heavy atom. The molecule has 1 N–H and O–H groups in total. The van der Waals surface area contributed by atoms with Gasteiger partial charge in [0.25, 0.3) is 5.91 Å². The van der Waals surface area contributed by atoms with E-state index in [0.717, 1.165) is 22.4 Å². The quantitative estimate of drug-likeness (QED) is 0.730. The highest BCUT2D eigenvalue weighted by Crippen LogP contribution is 2.35. The minimum Gasteiger partial charge on any atom is -0.350 e. The molecule has 0 aliphatic carbocycles. The Morgan fingerprint density at radius 2 is 1.72 bits per heavy atom. The molecule has 0 fully saturated rings. The first kappa shape index (κ1) is 18.9. The Kier molecular flexibility index (Phi) is 4.93. The molecule has 1 heterocycles. The first-order valence-electron chi connectivity index (χ1n) is 9.80. The maximum Gasteiger partial charge on any atom is 0.259 e. The molecule has 0 saturated heterocycles. The second-order valence-corrected chi connectivity index (χ2v) is 7.76. The zero-order valence-corrected chi connectivity index (χ0v) is 16.7. The minimum atomic E-state index is -1.02. The lowest BCUT2D eigenvalue weighted by Gasteiger charge is -2.44. The summed E-state index contributed by atoms with van der Waals surface area (Å²) in [5, 5.41) is 3.04. The van der Waals surface area contributed by atoms with Crippen molar-refractivity contribution in [3.63, 3.8) is 0 Å². The monoisotopic (exact) mass is 384 g/mol. The average Bonchev–Trinajstić information content (AvgIpc) is 2.73. The van der Waals surface area contributed by atoms with Gasteiger partial charge in [0.2, 0.25) is 5.91 Å². The van der Waals surface area contributed by atoms with Crippen LogP contribution in [-0.4, -0.2) is 17.4 Å². The van der Waals surface area contributed by atoms with Crippen molar-refractivity contribution in [2.75, 3.05) is 4.90 Å². The standard InChI is InChI=1S/C25H24N2O2/c1-18-9-8-13-21(15-18)27-23(28)22-14-7-6-12-20(22)16-25(27,2)24(29)26-17-19-10-4-3-5-11-19/h3-15H,16-17H2,1-2H3,(H,26,29). The Labute approximate surface area is 171 Å². The van der Waals surface area contributed by atoms with Crippen LogP contribution in [0.2, 0.25) is 0 Å². The van der Waals surface area contributed by atoms with Crippen LogP contribution in [0, 0.1) is 6.92 Å². The summed E-state index contributed by atoms with van der Waals surface area (Å²) in [4.78, 5) is 28.5. The van der Waals surface area contributed by atoms with Crippen LogP contribution in [0.5, 0.6) is 0 Å². The number of nitrogens with one attached hydrogen (secondary N) is 1. The van der Waals surface area contributed by atoms with Gasteiger partial charge in [0.15, 0.2) is 0 Å². The van der Waals surface area contributed by atoms with Crippen molar-refractivity contribution in [3.8, 4) is 0 Å². The summed E-state index contributed by atoms with van der Waals surface area (Å²) in [6.45, 7) is 4.26. The maximum atomic E-state index is 13.5. The normalized spacial score (nSPS) is 18.3. The van der Waals surface area contributed by atoms with E-state index in [-0.39, 0.29) is 11.8 Å². The molecule has 2 amide bonds. The molecule has 4 rings (SSSR count). The van der Waals surface area contributed by atoms with Crippen LogP contribution in [0.4, 0.5) is 5.69 Å². The van der Waals surface area contributed by atoms with Crippen LogP contribution in [0.3, 0.4) is 0 Å². The van der Waals surface area contributed by atoms with Gasteiger partial charge in [-0.25, -0.2) is 0 Å². The highest BCUT2D eigenvalue weighted by atomic mass is 16.2. The number of hydrogen-bond acceptors (Lipinski definition) is 2. The number of carbonyl (C=O) groups excluding carboxylic acids is 2. The number of rotatable bonds is 4. The molecule has 1 atom stereocenters. The third kappa shape index (κ3) is 3.54. The molecule has 1 aliphatic heterocycles. The molecule has 4 nitrogen and oxygen atoms in total. The predicted octanol–water partition coefficient (Wildman–Crippen LogP) is 4.27. The van der Waals surface area contributed by atoms with Crippen LogP contribution in [0.25, 0.3) is 0 Å². The number of nitrogens with zero attached hydrogens (tertiary/aromatic N) is 1. The average molecular weight is 384 g/mol. The first-order chi connectivity index (χ1) is 14.0. The highest BCUT2D eigenvalue weighted by molar-refractivity contribution is 6.14. The van der Waals surface area contributed by atoms with Crippen LogP contribution in [0.15, 0.2) is 78.9 Å². The van der Waals surface area contributed by atoms with E-state index in [1.807, 2.05) is 92.7 Å². The van der Waals surface area contributed by atoms with Gasteiger partial charge in [-0.2, -0.15) is 0 Å². The van der Waals surface area contributed by atoms with Gasteiger partial charge in [0.05, 0.1) is 0 Å². The number of carbonyl (C=O) groups is 2. The molecule has 1 unspecified atom stereocenters.